The normalized spacial score (nSPS) is 14.1. The molecule has 0 amide bonds. The van der Waals surface area contributed by atoms with E-state index in [9.17, 15) is 47.9 Å². The van der Waals surface area contributed by atoms with Gasteiger partial charge in [0.25, 0.3) is 0 Å². The number of nitrogens with one attached hydrogen (secondary N) is 1. The first-order valence-corrected chi connectivity index (χ1v) is 17.7. The molecule has 0 saturated heterocycles. The summed E-state index contributed by atoms with van der Waals surface area (Å²) in [5.74, 6) is -6.41. The zero-order chi connectivity index (χ0) is 42.1. The lowest BCUT2D eigenvalue weighted by molar-refractivity contribution is -0.193. The Balaban J connectivity index is 0.000000408. The molecule has 0 fully saturated rings. The summed E-state index contributed by atoms with van der Waals surface area (Å²) < 4.78 is 121. The largest absolute Gasteiger partial charge is 0.490 e. The van der Waals surface area contributed by atoms with Crippen molar-refractivity contribution < 1.29 is 77.6 Å². The summed E-state index contributed by atoms with van der Waals surface area (Å²) in [7, 11) is -1.43. The molecule has 1 atom stereocenters. The summed E-state index contributed by atoms with van der Waals surface area (Å²) in [6.45, 7) is 0.814. The number of alkyl halides is 9. The highest BCUT2D eigenvalue weighted by molar-refractivity contribution is 7.99. The zero-order valence-electron chi connectivity index (χ0n) is 27.5. The number of benzene rings is 1. The number of carboxylic acid groups (broad SMARTS) is 3. The van der Waals surface area contributed by atoms with Crippen LogP contribution in [0.25, 0.3) is 22.5 Å². The highest BCUT2D eigenvalue weighted by Gasteiger charge is 2.39. The maximum Gasteiger partial charge on any atom is 0.490 e. The molecule has 4 heterocycles. The van der Waals surface area contributed by atoms with Crippen LogP contribution in [0.2, 0.25) is 5.02 Å². The van der Waals surface area contributed by atoms with Crippen molar-refractivity contribution in [3.63, 3.8) is 0 Å². The minimum atomic E-state index is -5.08. The Morgan fingerprint density at radius 2 is 1.42 bits per heavy atom. The number of fused-ring (bicyclic) bond motifs is 1. The number of halogens is 10. The third-order valence-corrected chi connectivity index (χ3v) is 9.09. The quantitative estimate of drug-likeness (QED) is 0.157. The van der Waals surface area contributed by atoms with Gasteiger partial charge in [0, 0.05) is 60.3 Å². The Hall–Kier alpha value is -5.10. The third-order valence-electron chi connectivity index (χ3n) is 6.42. The second-order valence-electron chi connectivity index (χ2n) is 10.5. The number of hydrogen-bond acceptors (Lipinski definition) is 10. The van der Waals surface area contributed by atoms with Gasteiger partial charge in [-0.2, -0.15) is 44.6 Å². The molecular formula is C30H25ClF9N5O8S2. The van der Waals surface area contributed by atoms with Crippen LogP contribution in [0.4, 0.5) is 45.3 Å². The SMILES string of the molecule is Cn1nc(-c2ccccn2)c2c1NCCSC2c1ccc(-c2cncc(S(C)(=O)=O)c2)cc1Cl.O=C(O)C(F)(F)F.O=C(O)C(F)(F)F.O=C(O)C(F)(F)F. The number of nitrogens with zero attached hydrogens (tertiary/aromatic N) is 4. The average molecular weight is 854 g/mol. The molecule has 0 saturated carbocycles. The van der Waals surface area contributed by atoms with E-state index in [1.807, 2.05) is 48.1 Å². The molecule has 1 aliphatic heterocycles. The van der Waals surface area contributed by atoms with E-state index >= 15 is 0 Å². The van der Waals surface area contributed by atoms with Crippen LogP contribution < -0.4 is 5.32 Å². The van der Waals surface area contributed by atoms with Crippen LogP contribution >= 0.6 is 23.4 Å². The summed E-state index contributed by atoms with van der Waals surface area (Å²) in [5.41, 5.74) is 5.17. The monoisotopic (exact) mass is 853 g/mol. The van der Waals surface area contributed by atoms with Gasteiger partial charge in [0.15, 0.2) is 9.84 Å². The number of aliphatic carboxylic acids is 3. The van der Waals surface area contributed by atoms with E-state index in [-0.39, 0.29) is 10.1 Å². The number of anilines is 1. The highest BCUT2D eigenvalue weighted by Crippen LogP contribution is 2.47. The fourth-order valence-corrected chi connectivity index (χ4v) is 6.24. The molecule has 0 radical (unpaired) electrons. The van der Waals surface area contributed by atoms with Gasteiger partial charge in [-0.1, -0.05) is 29.8 Å². The van der Waals surface area contributed by atoms with E-state index in [2.05, 4.69) is 15.3 Å². The standard InChI is InChI=1S/C24H22ClN5O2S2.3C2HF3O2/c1-30-24-21(22(29-30)20-5-3-4-8-27-20)23(33-10-9-28-24)18-7-6-15(12-19(18)25)16-11-17(14-26-13-16)34(2,31)32;3*3-2(4,5)1(6)7/h3-8,11-14,23,28H,9-10H2,1-2H3;3*(H,6,7). The van der Waals surface area contributed by atoms with Crippen LogP contribution in [0.15, 0.2) is 66.0 Å². The lowest BCUT2D eigenvalue weighted by atomic mass is 9.99. The average Bonchev–Trinajstić information content (AvgIpc) is 3.24. The van der Waals surface area contributed by atoms with E-state index in [1.165, 1.54) is 12.5 Å². The zero-order valence-corrected chi connectivity index (χ0v) is 29.9. The molecule has 13 nitrogen and oxygen atoms in total. The van der Waals surface area contributed by atoms with Crippen LogP contribution in [-0.4, -0.2) is 98.5 Å². The second kappa shape index (κ2) is 18.5. The van der Waals surface area contributed by atoms with E-state index in [1.54, 1.807) is 30.2 Å². The highest BCUT2D eigenvalue weighted by atomic mass is 35.5. The van der Waals surface area contributed by atoms with Crippen molar-refractivity contribution in [2.45, 2.75) is 28.7 Å². The molecule has 300 valence electrons. The first-order chi connectivity index (χ1) is 25.2. The molecule has 1 aromatic carbocycles. The molecule has 4 N–H and O–H groups in total. The summed E-state index contributed by atoms with van der Waals surface area (Å²) in [6.07, 6.45) is -9.31. The van der Waals surface area contributed by atoms with Crippen molar-refractivity contribution in [1.82, 2.24) is 19.7 Å². The third kappa shape index (κ3) is 13.6. The van der Waals surface area contributed by atoms with Crippen molar-refractivity contribution in [2.75, 3.05) is 23.9 Å². The molecular weight excluding hydrogens is 829 g/mol. The Morgan fingerprint density at radius 1 is 0.873 bits per heavy atom. The second-order valence-corrected chi connectivity index (χ2v) is 14.1. The predicted molar refractivity (Wildman–Crippen MR) is 178 cm³/mol. The molecule has 0 bridgehead atoms. The van der Waals surface area contributed by atoms with Gasteiger partial charge in [-0.15, -0.1) is 11.8 Å². The lowest BCUT2D eigenvalue weighted by Gasteiger charge is -2.18. The molecule has 1 unspecified atom stereocenters. The number of hydrogen-bond donors (Lipinski definition) is 4. The number of sulfone groups is 1. The molecule has 1 aliphatic rings. The van der Waals surface area contributed by atoms with Crippen LogP contribution in [-0.2, 0) is 31.3 Å². The minimum absolute atomic E-state index is 0.0438. The van der Waals surface area contributed by atoms with Crippen molar-refractivity contribution in [3.05, 3.63) is 77.2 Å². The number of aryl methyl sites for hydroxylation is 1. The van der Waals surface area contributed by atoms with Crippen molar-refractivity contribution in [1.29, 1.82) is 0 Å². The van der Waals surface area contributed by atoms with E-state index in [4.69, 9.17) is 46.4 Å². The van der Waals surface area contributed by atoms with E-state index < -0.39 is 46.3 Å². The van der Waals surface area contributed by atoms with Crippen molar-refractivity contribution >= 4 is 56.9 Å². The van der Waals surface area contributed by atoms with Crippen molar-refractivity contribution in [3.8, 4) is 22.5 Å². The first kappa shape index (κ1) is 46.1. The Morgan fingerprint density at radius 3 is 1.87 bits per heavy atom. The number of carboxylic acids is 3. The molecule has 0 spiro atoms. The van der Waals surface area contributed by atoms with Crippen LogP contribution in [0.3, 0.4) is 0 Å². The summed E-state index contributed by atoms with van der Waals surface area (Å²) in [5, 5.41) is 30.2. The number of thioether (sulfide) groups is 1. The number of aromatic nitrogens is 4. The maximum absolute atomic E-state index is 12.0. The van der Waals surface area contributed by atoms with Crippen LogP contribution in [0.5, 0.6) is 0 Å². The van der Waals surface area contributed by atoms with Gasteiger partial charge in [0.1, 0.15) is 11.5 Å². The first-order valence-electron chi connectivity index (χ1n) is 14.3. The Bertz CT molecular complexity index is 2040. The van der Waals surface area contributed by atoms with Gasteiger partial charge < -0.3 is 20.6 Å². The molecule has 3 aromatic heterocycles. The molecule has 0 aliphatic carbocycles. The van der Waals surface area contributed by atoms with Gasteiger partial charge >= 0.3 is 36.4 Å². The smallest absolute Gasteiger partial charge is 0.475 e. The topological polar surface area (TPSA) is 202 Å². The Kier molecular flexibility index (Phi) is 15.5. The molecule has 5 rings (SSSR count). The summed E-state index contributed by atoms with van der Waals surface area (Å²) in [4.78, 5) is 35.5. The minimum Gasteiger partial charge on any atom is -0.475 e. The van der Waals surface area contributed by atoms with Gasteiger partial charge in [-0.05, 0) is 35.4 Å². The number of pyridine rings is 2. The molecule has 55 heavy (non-hydrogen) atoms. The molecule has 4 aromatic rings. The van der Waals surface area contributed by atoms with Gasteiger partial charge in [0.05, 0.1) is 15.8 Å². The summed E-state index contributed by atoms with van der Waals surface area (Å²) >= 11 is 8.66. The van der Waals surface area contributed by atoms with E-state index in [0.29, 0.717) is 10.6 Å². The number of rotatable bonds is 4. The summed E-state index contributed by atoms with van der Waals surface area (Å²) in [6, 6.07) is 13.3. The van der Waals surface area contributed by atoms with Crippen molar-refractivity contribution in [2.24, 2.45) is 7.05 Å². The Labute approximate surface area is 313 Å². The number of carbonyl (C=O) groups is 3. The molecule has 25 heteroatoms. The van der Waals surface area contributed by atoms with Gasteiger partial charge in [0.2, 0.25) is 0 Å². The predicted octanol–water partition coefficient (Wildman–Crippen LogP) is 6.75. The fraction of sp³-hybridized carbons (Fsp3) is 0.267. The van der Waals surface area contributed by atoms with Crippen LogP contribution in [0, 0.1) is 0 Å². The van der Waals surface area contributed by atoms with Gasteiger partial charge in [-0.3, -0.25) is 14.6 Å². The fourth-order valence-electron chi connectivity index (χ4n) is 4.06. The van der Waals surface area contributed by atoms with Gasteiger partial charge in [-0.25, -0.2) is 22.8 Å². The maximum atomic E-state index is 12.0. The lowest BCUT2D eigenvalue weighted by Crippen LogP contribution is -2.21. The van der Waals surface area contributed by atoms with Crippen LogP contribution in [0.1, 0.15) is 16.4 Å². The van der Waals surface area contributed by atoms with E-state index in [0.717, 1.165) is 46.2 Å².